The van der Waals surface area contributed by atoms with Gasteiger partial charge in [-0.05, 0) is 121 Å². The van der Waals surface area contributed by atoms with Crippen molar-refractivity contribution < 1.29 is 88.3 Å². The molecule has 0 fully saturated rings. The average Bonchev–Trinajstić information content (AvgIpc) is 1.53. The zero-order chi connectivity index (χ0) is 71.5. The minimum absolute atomic E-state index is 0.0310. The summed E-state index contributed by atoms with van der Waals surface area (Å²) in [7, 11) is -1.61. The molecule has 0 saturated heterocycles. The second-order valence-electron chi connectivity index (χ2n) is 29.7. The molecule has 13 aromatic carbocycles. The summed E-state index contributed by atoms with van der Waals surface area (Å²) >= 11 is 3.41. The van der Waals surface area contributed by atoms with E-state index in [1.165, 1.54) is 62.8 Å². The first-order valence-corrected chi connectivity index (χ1v) is 44.9. The number of nitrogens with zero attached hydrogens (tertiary/aromatic N) is 1. The Bertz CT molecular complexity index is 5530. The van der Waals surface area contributed by atoms with Crippen LogP contribution in [0.3, 0.4) is 0 Å². The molecule has 14 aromatic rings. The third-order valence-electron chi connectivity index (χ3n) is 20.9. The van der Waals surface area contributed by atoms with Crippen LogP contribution in [0.4, 0.5) is 22.0 Å². The predicted octanol–water partition coefficient (Wildman–Crippen LogP) is 16.5. The second kappa shape index (κ2) is 27.1. The predicted molar refractivity (Wildman–Crippen MR) is 420 cm³/mol. The molecule has 0 bridgehead atoms. The first-order chi connectivity index (χ1) is 48.6. The Labute approximate surface area is 647 Å². The number of hydrogen-bond acceptors (Lipinski definition) is 0. The maximum atomic E-state index is 16.0. The monoisotopic (exact) mass is 1810 g/mol. The summed E-state index contributed by atoms with van der Waals surface area (Å²) in [6, 6.07) is 89.6. The molecule has 102 heavy (non-hydrogen) atoms. The zero-order valence-electron chi connectivity index (χ0n) is 58.2. The quantitative estimate of drug-likeness (QED) is 0.0317. The van der Waals surface area contributed by atoms with Crippen LogP contribution in [0.2, 0.25) is 19.6 Å². The number of hydrogen-bond donors (Lipinski definition) is 0. The molecule has 0 radical (unpaired) electrons. The Kier molecular flexibility index (Phi) is 18.8. The summed E-state index contributed by atoms with van der Waals surface area (Å²) in [5, 5.41) is 6.35. The van der Waals surface area contributed by atoms with E-state index >= 15 is 22.0 Å². The van der Waals surface area contributed by atoms with Crippen LogP contribution in [0, 0.1) is 0 Å². The van der Waals surface area contributed by atoms with Crippen LogP contribution in [0.15, 0.2) is 255 Å². The van der Waals surface area contributed by atoms with Crippen LogP contribution in [-0.4, -0.2) is 17.6 Å². The standard InChI is InChI=1S/C91H77F5I4NSi/c1-54(100-6)60-26-38-71-64(46-63-23-31-66(89(5,92)97)50-78(63)79(71)47-60)44-55-20-37-74-82(45-55)86(72-39-28-62(49-76(72)58-16-12-10-13-17-58)57-24-35-70(36-25-57)102(7,8)9)75-41-34-69(101-84-42-32-67(90(93,94)98)51-80(84)81-52-68(91(95,96)99)33-43-85(81)101)53-83(75)87(74)73-40-27-61(48-77(73)59-18-14-11-15-19-59)56-21-29-65(30-22-56)88(2,3)4/h10-43,45,47-54,64,97-98H,44,46H2,1-9H3/q+1. The van der Waals surface area contributed by atoms with E-state index in [1.807, 2.05) is 6.07 Å². The third-order valence-corrected chi connectivity index (χ3v) is 27.6. The van der Waals surface area contributed by atoms with Crippen molar-refractivity contribution in [2.45, 2.75) is 93.9 Å². The van der Waals surface area contributed by atoms with Crippen LogP contribution in [0.1, 0.15) is 89.0 Å². The molecule has 0 N–H and O–H groups in total. The van der Waals surface area contributed by atoms with Crippen LogP contribution < -0.4 is 71.6 Å². The van der Waals surface area contributed by atoms with Crippen LogP contribution >= 0.6 is 22.6 Å². The maximum absolute atomic E-state index is 16.0. The van der Waals surface area contributed by atoms with Gasteiger partial charge < -0.3 is 4.57 Å². The third kappa shape index (κ3) is 13.5. The van der Waals surface area contributed by atoms with Gasteiger partial charge in [-0.25, -0.2) is 0 Å². The minimum atomic E-state index is -3.22. The molecule has 3 atom stereocenters. The van der Waals surface area contributed by atoms with Crippen molar-refractivity contribution in [2.75, 3.05) is 4.93 Å². The number of alkyl halides is 10. The summed E-state index contributed by atoms with van der Waals surface area (Å²) in [6.07, 6.45) is 1.53. The fourth-order valence-corrected chi connectivity index (χ4v) is 18.7. The normalized spacial score (nSPS) is 14.5. The number of rotatable bonds is 15. The Morgan fingerprint density at radius 1 is 0.461 bits per heavy atom. The van der Waals surface area contributed by atoms with Crippen LogP contribution in [-0.2, 0) is 29.8 Å². The van der Waals surface area contributed by atoms with E-state index in [0.717, 1.165) is 158 Å². The van der Waals surface area contributed by atoms with E-state index in [0.29, 0.717) is 31.3 Å². The number of halogens is 9. The first kappa shape index (κ1) is 70.6. The van der Waals surface area contributed by atoms with Crippen molar-refractivity contribution in [3.05, 3.63) is 299 Å². The van der Waals surface area contributed by atoms with E-state index in [9.17, 15) is 0 Å². The van der Waals surface area contributed by atoms with E-state index in [4.69, 9.17) is 0 Å². The van der Waals surface area contributed by atoms with Gasteiger partial charge in [-0.1, -0.05) is 191 Å². The SMILES string of the molecule is C[I-]C(C)c1ccc2c(c1)-c1cc(C(C)(F)[IH+])ccc1CC2Cc1ccc2c(-c3ccc(-c4ccc(C(C)(C)C)cc4)cc3-c3ccccc3)c3cc(-n4c5ccc(C(F)(F)I)cc5c5cc(C(F)(F)[IH+])ccc54)ccc3c(-c3ccc(-c4ccc([Si](C)(C)C)cc4)cc3-c3ccccc3)c2c1. The number of benzene rings is 13. The van der Waals surface area contributed by atoms with E-state index < -0.39 is 19.6 Å². The summed E-state index contributed by atoms with van der Waals surface area (Å²) < 4.78 is 72.6. The molecule has 1 aliphatic carbocycles. The molecule has 1 aliphatic rings. The number of fused-ring (bicyclic) bond motifs is 8. The van der Waals surface area contributed by atoms with Gasteiger partial charge in [-0.3, -0.25) is 0 Å². The molecule has 0 spiro atoms. The van der Waals surface area contributed by atoms with Gasteiger partial charge in [0, 0.05) is 44.6 Å². The van der Waals surface area contributed by atoms with Gasteiger partial charge in [0.15, 0.2) is 0 Å². The Balaban J connectivity index is 1.05. The Hall–Kier alpha value is -7.03. The topological polar surface area (TPSA) is 4.93 Å². The first-order valence-electron chi connectivity index (χ1n) is 34.6. The summed E-state index contributed by atoms with van der Waals surface area (Å²) in [5.74, 6) is 0.104. The molecule has 0 amide bonds. The van der Waals surface area contributed by atoms with Crippen molar-refractivity contribution in [1.29, 1.82) is 0 Å². The van der Waals surface area contributed by atoms with Crippen molar-refractivity contribution in [3.8, 4) is 83.6 Å². The van der Waals surface area contributed by atoms with Crippen LogP contribution in [0.25, 0.3) is 127 Å². The van der Waals surface area contributed by atoms with Gasteiger partial charge in [0.1, 0.15) is 0 Å². The molecular formula is C91H77F5I4NSi+. The average molecular weight is 1820 g/mol. The molecule has 1 heterocycles. The zero-order valence-corrected chi connectivity index (χ0v) is 68.2. The molecule has 1 aromatic heterocycles. The van der Waals surface area contributed by atoms with Gasteiger partial charge in [0.25, 0.3) is 0 Å². The van der Waals surface area contributed by atoms with E-state index in [1.54, 1.807) is 41.6 Å². The van der Waals surface area contributed by atoms with Crippen molar-refractivity contribution in [3.63, 3.8) is 0 Å². The molecule has 1 nitrogen and oxygen atoms in total. The molecule has 15 rings (SSSR count). The molecule has 3 unspecified atom stereocenters. The van der Waals surface area contributed by atoms with Gasteiger partial charge >= 0.3 is 250 Å². The fraction of sp³-hybridized carbons (Fsp3) is 0.187. The van der Waals surface area contributed by atoms with Gasteiger partial charge in [-0.15, -0.1) is 0 Å². The van der Waals surface area contributed by atoms with Gasteiger partial charge in [0.2, 0.25) is 0 Å². The van der Waals surface area contributed by atoms with E-state index in [-0.39, 0.29) is 43.7 Å². The second-order valence-corrected chi connectivity index (χ2v) is 42.9. The summed E-state index contributed by atoms with van der Waals surface area (Å²) in [4.78, 5) is 2.34. The molecule has 0 aliphatic heterocycles. The Morgan fingerprint density at radius 2 is 0.980 bits per heavy atom. The van der Waals surface area contributed by atoms with Crippen molar-refractivity contribution >= 4 is 79.2 Å². The fourth-order valence-electron chi connectivity index (χ4n) is 15.4. The van der Waals surface area contributed by atoms with Crippen molar-refractivity contribution in [1.82, 2.24) is 4.57 Å². The van der Waals surface area contributed by atoms with Gasteiger partial charge in [0.05, 0.1) is 24.7 Å². The molecule has 0 saturated carbocycles. The van der Waals surface area contributed by atoms with Crippen LogP contribution in [0.5, 0.6) is 0 Å². The Morgan fingerprint density at radius 3 is 1.52 bits per heavy atom. The number of aromatic nitrogens is 1. The van der Waals surface area contributed by atoms with E-state index in [2.05, 4.69) is 269 Å². The summed E-state index contributed by atoms with van der Waals surface area (Å²) in [6.45, 7) is 17.8. The van der Waals surface area contributed by atoms with Gasteiger partial charge in [-0.2, -0.15) is 17.6 Å². The van der Waals surface area contributed by atoms with Crippen molar-refractivity contribution in [2.24, 2.45) is 0 Å². The molecule has 11 heteroatoms. The summed E-state index contributed by atoms with van der Waals surface area (Å²) in [5.41, 5.74) is 23.6. The molecule has 512 valence electrons. The molecular weight excluding hydrogens is 1740 g/mol.